The number of benzene rings is 2. The Morgan fingerprint density at radius 1 is 1.06 bits per heavy atom. The van der Waals surface area contributed by atoms with E-state index in [4.69, 9.17) is 14.7 Å². The maximum atomic E-state index is 13.1. The third kappa shape index (κ3) is 5.40. The molecule has 1 aliphatic rings. The van der Waals surface area contributed by atoms with Gasteiger partial charge in [0, 0.05) is 19.6 Å². The van der Waals surface area contributed by atoms with Crippen molar-refractivity contribution in [2.45, 2.75) is 38.0 Å². The summed E-state index contributed by atoms with van der Waals surface area (Å²) in [6, 6.07) is 17.5. The summed E-state index contributed by atoms with van der Waals surface area (Å²) in [6.07, 6.45) is 5.16. The number of carbonyl (C=O) groups excluding carboxylic acids is 1. The highest BCUT2D eigenvalue weighted by atomic mass is 16.5. The number of hydrogen-bond acceptors (Lipinski definition) is 6. The molecule has 2 heterocycles. The molecule has 1 fully saturated rings. The van der Waals surface area contributed by atoms with E-state index >= 15 is 0 Å². The number of hydrogen-bond donors (Lipinski definition) is 1. The molecule has 1 atom stereocenters. The lowest BCUT2D eigenvalue weighted by Gasteiger charge is -2.25. The number of para-hydroxylation sites is 2. The van der Waals surface area contributed by atoms with Gasteiger partial charge in [-0.05, 0) is 49.1 Å². The Labute approximate surface area is 194 Å². The first-order chi connectivity index (χ1) is 16.2. The summed E-state index contributed by atoms with van der Waals surface area (Å²) < 4.78 is 5.18. The molecule has 7 nitrogen and oxygen atoms in total. The Morgan fingerprint density at radius 2 is 1.73 bits per heavy atom. The van der Waals surface area contributed by atoms with Crippen LogP contribution in [-0.4, -0.2) is 42.6 Å². The van der Waals surface area contributed by atoms with Crippen molar-refractivity contribution in [2.24, 2.45) is 0 Å². The van der Waals surface area contributed by atoms with Crippen LogP contribution < -0.4 is 15.0 Å². The fraction of sp³-hybridized carbons (Fsp3) is 0.385. The van der Waals surface area contributed by atoms with E-state index in [0.717, 1.165) is 42.8 Å². The average molecular weight is 444 g/mol. The molecular weight excluding hydrogens is 414 g/mol. The standard InChI is InChI=1S/C26H29N5O2/c1-33-20-12-10-19(11-13-20)14-15-28-26(32)21(18-27)24-25(31-16-6-2-3-7-17-31)30-23-9-5-4-8-22(23)29-24/h4-5,8-13,21H,2-3,6-7,14-17H2,1H3,(H,28,32)/t21-/m0/s1. The van der Waals surface area contributed by atoms with E-state index in [2.05, 4.69) is 16.3 Å². The van der Waals surface area contributed by atoms with Crippen LogP contribution in [0.25, 0.3) is 11.0 Å². The summed E-state index contributed by atoms with van der Waals surface area (Å²) in [7, 11) is 1.63. The third-order valence-corrected chi connectivity index (χ3v) is 6.02. The Bertz CT molecular complexity index is 1130. The van der Waals surface area contributed by atoms with Gasteiger partial charge < -0.3 is 15.0 Å². The lowest BCUT2D eigenvalue weighted by atomic mass is 10.0. The minimum atomic E-state index is -1.02. The second kappa shape index (κ2) is 10.8. The van der Waals surface area contributed by atoms with Gasteiger partial charge in [0.1, 0.15) is 11.4 Å². The van der Waals surface area contributed by atoms with Crippen molar-refractivity contribution in [1.82, 2.24) is 15.3 Å². The highest BCUT2D eigenvalue weighted by molar-refractivity contribution is 5.88. The van der Waals surface area contributed by atoms with Gasteiger partial charge in [-0.1, -0.05) is 37.1 Å². The normalized spacial score (nSPS) is 14.8. The molecule has 1 N–H and O–H groups in total. The second-order valence-electron chi connectivity index (χ2n) is 8.27. The number of nitrogens with one attached hydrogen (secondary N) is 1. The van der Waals surface area contributed by atoms with Crippen molar-refractivity contribution < 1.29 is 9.53 Å². The molecule has 170 valence electrons. The van der Waals surface area contributed by atoms with Gasteiger partial charge in [-0.15, -0.1) is 0 Å². The predicted octanol–water partition coefficient (Wildman–Crippen LogP) is 3.98. The SMILES string of the molecule is COc1ccc(CCNC(=O)[C@@H](C#N)c2nc3ccccc3nc2N2CCCCCC2)cc1. The van der Waals surface area contributed by atoms with Crippen molar-refractivity contribution in [1.29, 1.82) is 5.26 Å². The number of ether oxygens (including phenoxy) is 1. The van der Waals surface area contributed by atoms with E-state index in [1.807, 2.05) is 48.5 Å². The number of carbonyl (C=O) groups is 1. The lowest BCUT2D eigenvalue weighted by molar-refractivity contribution is -0.121. The molecular formula is C26H29N5O2. The van der Waals surface area contributed by atoms with Crippen LogP contribution in [-0.2, 0) is 11.2 Å². The fourth-order valence-corrected chi connectivity index (χ4v) is 4.18. The summed E-state index contributed by atoms with van der Waals surface area (Å²) in [4.78, 5) is 24.9. The second-order valence-corrected chi connectivity index (χ2v) is 8.27. The van der Waals surface area contributed by atoms with Crippen molar-refractivity contribution in [3.63, 3.8) is 0 Å². The zero-order valence-electron chi connectivity index (χ0n) is 19.0. The molecule has 2 aromatic carbocycles. The van der Waals surface area contributed by atoms with Gasteiger partial charge in [-0.3, -0.25) is 4.79 Å². The average Bonchev–Trinajstić information content (AvgIpc) is 3.14. The maximum absolute atomic E-state index is 13.1. The minimum Gasteiger partial charge on any atom is -0.497 e. The van der Waals surface area contributed by atoms with Crippen molar-refractivity contribution in [2.75, 3.05) is 31.6 Å². The van der Waals surface area contributed by atoms with E-state index in [0.29, 0.717) is 30.0 Å². The number of amides is 1. The smallest absolute Gasteiger partial charge is 0.243 e. The van der Waals surface area contributed by atoms with E-state index in [9.17, 15) is 10.1 Å². The Morgan fingerprint density at radius 3 is 2.36 bits per heavy atom. The van der Waals surface area contributed by atoms with Crippen LogP contribution >= 0.6 is 0 Å². The monoisotopic (exact) mass is 443 g/mol. The van der Waals surface area contributed by atoms with Crippen molar-refractivity contribution in [3.8, 4) is 11.8 Å². The molecule has 3 aromatic rings. The number of methoxy groups -OCH3 is 1. The first-order valence-electron chi connectivity index (χ1n) is 11.5. The molecule has 0 spiro atoms. The largest absolute Gasteiger partial charge is 0.497 e. The van der Waals surface area contributed by atoms with Gasteiger partial charge in [-0.2, -0.15) is 5.26 Å². The van der Waals surface area contributed by atoms with Crippen LogP contribution in [0, 0.1) is 11.3 Å². The number of rotatable bonds is 7. The molecule has 1 saturated heterocycles. The molecule has 0 aliphatic carbocycles. The number of nitriles is 1. The first kappa shape index (κ1) is 22.5. The van der Waals surface area contributed by atoms with Gasteiger partial charge in [0.25, 0.3) is 0 Å². The van der Waals surface area contributed by atoms with Gasteiger partial charge in [0.15, 0.2) is 11.7 Å². The molecule has 0 unspecified atom stereocenters. The van der Waals surface area contributed by atoms with Crippen LogP contribution in [0.3, 0.4) is 0 Å². The Hall–Kier alpha value is -3.66. The van der Waals surface area contributed by atoms with E-state index in [1.54, 1.807) is 7.11 Å². The summed E-state index contributed by atoms with van der Waals surface area (Å²) in [5, 5.41) is 12.9. The number of nitrogens with zero attached hydrogens (tertiary/aromatic N) is 4. The number of aromatic nitrogens is 2. The highest BCUT2D eigenvalue weighted by Gasteiger charge is 2.29. The fourth-order valence-electron chi connectivity index (χ4n) is 4.18. The molecule has 7 heteroatoms. The summed E-state index contributed by atoms with van der Waals surface area (Å²) >= 11 is 0. The minimum absolute atomic E-state index is 0.341. The van der Waals surface area contributed by atoms with Crippen molar-refractivity contribution >= 4 is 22.8 Å². The van der Waals surface area contributed by atoms with E-state index in [1.165, 1.54) is 12.8 Å². The summed E-state index contributed by atoms with van der Waals surface area (Å²) in [5.74, 6) is 0.0959. The highest BCUT2D eigenvalue weighted by Crippen LogP contribution is 2.29. The zero-order valence-corrected chi connectivity index (χ0v) is 19.0. The van der Waals surface area contributed by atoms with Crippen LogP contribution in [0.1, 0.15) is 42.9 Å². The Kier molecular flexibility index (Phi) is 7.36. The predicted molar refractivity (Wildman–Crippen MR) is 128 cm³/mol. The molecule has 1 aromatic heterocycles. The van der Waals surface area contributed by atoms with Gasteiger partial charge in [0.2, 0.25) is 5.91 Å². The van der Waals surface area contributed by atoms with Gasteiger partial charge >= 0.3 is 0 Å². The van der Waals surface area contributed by atoms with E-state index in [-0.39, 0.29) is 5.91 Å². The first-order valence-corrected chi connectivity index (χ1v) is 11.5. The molecule has 4 rings (SSSR count). The summed E-state index contributed by atoms with van der Waals surface area (Å²) in [5.41, 5.74) is 3.00. The zero-order chi connectivity index (χ0) is 23.0. The van der Waals surface area contributed by atoms with Gasteiger partial charge in [0.05, 0.1) is 24.2 Å². The third-order valence-electron chi connectivity index (χ3n) is 6.02. The molecule has 0 radical (unpaired) electrons. The number of anilines is 1. The van der Waals surface area contributed by atoms with Crippen LogP contribution in [0.4, 0.5) is 5.82 Å². The molecule has 1 amide bonds. The topological polar surface area (TPSA) is 91.1 Å². The quantitative estimate of drug-likeness (QED) is 0.594. The van der Waals surface area contributed by atoms with Crippen LogP contribution in [0.2, 0.25) is 0 Å². The maximum Gasteiger partial charge on any atom is 0.243 e. The van der Waals surface area contributed by atoms with Crippen LogP contribution in [0.15, 0.2) is 48.5 Å². The molecule has 1 aliphatic heterocycles. The van der Waals surface area contributed by atoms with Crippen molar-refractivity contribution in [3.05, 3.63) is 59.8 Å². The van der Waals surface area contributed by atoms with E-state index < -0.39 is 5.92 Å². The Balaban J connectivity index is 1.55. The molecule has 33 heavy (non-hydrogen) atoms. The molecule has 0 bridgehead atoms. The number of fused-ring (bicyclic) bond motifs is 1. The van der Waals surface area contributed by atoms with Gasteiger partial charge in [-0.25, -0.2) is 9.97 Å². The lowest BCUT2D eigenvalue weighted by Crippen LogP contribution is -2.33. The molecule has 0 saturated carbocycles. The van der Waals surface area contributed by atoms with Crippen LogP contribution in [0.5, 0.6) is 5.75 Å². The summed E-state index contributed by atoms with van der Waals surface area (Å²) in [6.45, 7) is 2.15.